The maximum Gasteiger partial charge on any atom is 0.241 e. The molecule has 102 valence electrons. The molecule has 8 heteroatoms. The Labute approximate surface area is 119 Å². The van der Waals surface area contributed by atoms with Crippen LogP contribution in [0.25, 0.3) is 0 Å². The molecule has 0 saturated carbocycles. The fourth-order valence-electron chi connectivity index (χ4n) is 1.20. The predicted octanol–water partition coefficient (Wildman–Crippen LogP) is -0.715. The van der Waals surface area contributed by atoms with Crippen molar-refractivity contribution < 1.29 is 23.7 Å². The monoisotopic (exact) mass is 387 g/mol. The first-order valence-electron chi connectivity index (χ1n) is 5.01. The molecule has 0 aromatic heterocycles. The first-order valence-corrected chi connectivity index (χ1v) is 7.57. The predicted molar refractivity (Wildman–Crippen MR) is 73.5 cm³/mol. The van der Waals surface area contributed by atoms with Crippen LogP contribution in [0.1, 0.15) is 0 Å². The summed E-state index contributed by atoms with van der Waals surface area (Å²) in [6.07, 6.45) is 0. The van der Waals surface area contributed by atoms with E-state index in [4.69, 9.17) is 15.3 Å². The highest BCUT2D eigenvalue weighted by Gasteiger charge is 2.33. The van der Waals surface area contributed by atoms with E-state index in [2.05, 4.69) is 4.72 Å². The van der Waals surface area contributed by atoms with E-state index in [9.17, 15) is 8.42 Å². The van der Waals surface area contributed by atoms with Crippen LogP contribution in [-0.4, -0.2) is 49.1 Å². The topological polar surface area (TPSA) is 107 Å². The molecule has 18 heavy (non-hydrogen) atoms. The van der Waals surface area contributed by atoms with Gasteiger partial charge in [-0.3, -0.25) is 0 Å². The number of sulfonamides is 1. The van der Waals surface area contributed by atoms with Crippen LogP contribution in [0.3, 0.4) is 0 Å². The van der Waals surface area contributed by atoms with Crippen LogP contribution in [0, 0.1) is 3.57 Å². The second-order valence-corrected chi connectivity index (χ2v) is 6.74. The minimum Gasteiger partial charge on any atom is -0.394 e. The normalized spacial score (nSPS) is 12.7. The number of nitrogens with one attached hydrogen (secondary N) is 1. The fraction of sp³-hybridized carbons (Fsp3) is 0.400. The lowest BCUT2D eigenvalue weighted by Gasteiger charge is -2.28. The minimum atomic E-state index is -3.90. The summed E-state index contributed by atoms with van der Waals surface area (Å²) in [7, 11) is -3.90. The largest absolute Gasteiger partial charge is 0.394 e. The zero-order chi connectivity index (χ0) is 13.8. The maximum absolute atomic E-state index is 12.0. The van der Waals surface area contributed by atoms with Crippen molar-refractivity contribution >= 4 is 32.6 Å². The van der Waals surface area contributed by atoms with Gasteiger partial charge >= 0.3 is 0 Å². The molecule has 0 unspecified atom stereocenters. The van der Waals surface area contributed by atoms with Crippen molar-refractivity contribution in [2.45, 2.75) is 10.4 Å². The molecule has 4 N–H and O–H groups in total. The average Bonchev–Trinajstić information content (AvgIpc) is 2.37. The molecule has 1 aromatic carbocycles. The number of hydrogen-bond donors (Lipinski definition) is 4. The molecule has 1 aromatic rings. The SMILES string of the molecule is O=S(=O)(NC(CO)(CO)CO)c1ccc(I)cc1. The van der Waals surface area contributed by atoms with Crippen LogP contribution in [0.15, 0.2) is 29.2 Å². The number of rotatable bonds is 6. The second-order valence-electron chi connectivity index (χ2n) is 3.81. The molecule has 0 heterocycles. The second kappa shape index (κ2) is 6.26. The summed E-state index contributed by atoms with van der Waals surface area (Å²) >= 11 is 2.04. The van der Waals surface area contributed by atoms with Gasteiger partial charge in [-0.05, 0) is 46.9 Å². The lowest BCUT2D eigenvalue weighted by Crippen LogP contribution is -2.56. The molecule has 0 aliphatic carbocycles. The molecule has 0 amide bonds. The van der Waals surface area contributed by atoms with E-state index in [0.717, 1.165) is 3.57 Å². The van der Waals surface area contributed by atoms with E-state index in [-0.39, 0.29) is 4.90 Å². The van der Waals surface area contributed by atoms with Crippen LogP contribution < -0.4 is 4.72 Å². The Morgan fingerprint density at radius 2 is 1.50 bits per heavy atom. The van der Waals surface area contributed by atoms with E-state index in [0.29, 0.717) is 0 Å². The fourth-order valence-corrected chi connectivity index (χ4v) is 2.94. The van der Waals surface area contributed by atoms with Gasteiger partial charge < -0.3 is 15.3 Å². The molecule has 6 nitrogen and oxygen atoms in total. The van der Waals surface area contributed by atoms with Gasteiger partial charge in [-0.25, -0.2) is 8.42 Å². The van der Waals surface area contributed by atoms with Crippen molar-refractivity contribution in [2.24, 2.45) is 0 Å². The molecule has 0 fully saturated rings. The third-order valence-electron chi connectivity index (χ3n) is 2.38. The van der Waals surface area contributed by atoms with Crippen LogP contribution >= 0.6 is 22.6 Å². The maximum atomic E-state index is 12.0. The van der Waals surface area contributed by atoms with Gasteiger partial charge in [0, 0.05) is 3.57 Å². The van der Waals surface area contributed by atoms with Crippen molar-refractivity contribution in [1.29, 1.82) is 0 Å². The lowest BCUT2D eigenvalue weighted by atomic mass is 10.1. The zero-order valence-electron chi connectivity index (χ0n) is 9.38. The standard InChI is InChI=1S/C10H14INO5S/c11-8-1-3-9(4-2-8)18(16,17)12-10(5-13,6-14)7-15/h1-4,12-15H,5-7H2. The number of aliphatic hydroxyl groups excluding tert-OH is 3. The van der Waals surface area contributed by atoms with E-state index >= 15 is 0 Å². The Morgan fingerprint density at radius 1 is 1.06 bits per heavy atom. The summed E-state index contributed by atoms with van der Waals surface area (Å²) in [5.41, 5.74) is -1.66. The Bertz CT molecular complexity index is 475. The summed E-state index contributed by atoms with van der Waals surface area (Å²) < 4.78 is 27.0. The van der Waals surface area contributed by atoms with Crippen molar-refractivity contribution in [3.05, 3.63) is 27.8 Å². The quantitative estimate of drug-likeness (QED) is 0.483. The molecule has 0 bridgehead atoms. The molecule has 1 rings (SSSR count). The minimum absolute atomic E-state index is 0.00245. The molecular weight excluding hydrogens is 373 g/mol. The van der Waals surface area contributed by atoms with Crippen molar-refractivity contribution in [1.82, 2.24) is 4.72 Å². The Morgan fingerprint density at radius 3 is 1.89 bits per heavy atom. The first-order chi connectivity index (χ1) is 8.39. The van der Waals surface area contributed by atoms with E-state index in [1.807, 2.05) is 22.6 Å². The molecule has 0 radical (unpaired) electrons. The number of aliphatic hydroxyl groups is 3. The number of benzene rings is 1. The van der Waals surface area contributed by atoms with Crippen molar-refractivity contribution in [2.75, 3.05) is 19.8 Å². The van der Waals surface area contributed by atoms with Gasteiger partial charge in [-0.1, -0.05) is 0 Å². The van der Waals surface area contributed by atoms with Crippen LogP contribution in [0.4, 0.5) is 0 Å². The van der Waals surface area contributed by atoms with Gasteiger partial charge in [0.05, 0.1) is 24.7 Å². The molecule has 0 aliphatic rings. The van der Waals surface area contributed by atoms with Gasteiger partial charge in [0.15, 0.2) is 0 Å². The van der Waals surface area contributed by atoms with Gasteiger partial charge in [0.2, 0.25) is 10.0 Å². The summed E-state index contributed by atoms with van der Waals surface area (Å²) in [5.74, 6) is 0. The van der Waals surface area contributed by atoms with Crippen LogP contribution in [0.2, 0.25) is 0 Å². The van der Waals surface area contributed by atoms with Gasteiger partial charge in [-0.2, -0.15) is 4.72 Å². The van der Waals surface area contributed by atoms with Crippen LogP contribution in [-0.2, 0) is 10.0 Å². The Balaban J connectivity index is 3.04. The van der Waals surface area contributed by atoms with E-state index < -0.39 is 35.4 Å². The molecule has 0 atom stereocenters. The highest BCUT2D eigenvalue weighted by atomic mass is 127. The number of halogens is 1. The van der Waals surface area contributed by atoms with E-state index in [1.165, 1.54) is 12.1 Å². The average molecular weight is 387 g/mol. The molecule has 0 spiro atoms. The smallest absolute Gasteiger partial charge is 0.241 e. The van der Waals surface area contributed by atoms with Crippen molar-refractivity contribution in [3.8, 4) is 0 Å². The summed E-state index contributed by atoms with van der Waals surface area (Å²) in [6, 6.07) is 6.04. The number of hydrogen-bond acceptors (Lipinski definition) is 5. The Hall–Kier alpha value is -0.260. The third-order valence-corrected chi connectivity index (χ3v) is 4.70. The zero-order valence-corrected chi connectivity index (χ0v) is 12.3. The summed E-state index contributed by atoms with van der Waals surface area (Å²) in [6.45, 7) is -2.11. The highest BCUT2D eigenvalue weighted by Crippen LogP contribution is 2.15. The Kier molecular flexibility index (Phi) is 5.49. The lowest BCUT2D eigenvalue weighted by molar-refractivity contribution is 0.0582. The summed E-state index contributed by atoms with van der Waals surface area (Å²) in [4.78, 5) is 0.00245. The van der Waals surface area contributed by atoms with Crippen LogP contribution in [0.5, 0.6) is 0 Å². The summed E-state index contributed by atoms with van der Waals surface area (Å²) in [5, 5.41) is 27.2. The van der Waals surface area contributed by atoms with Gasteiger partial charge in [0.25, 0.3) is 0 Å². The first kappa shape index (κ1) is 15.8. The van der Waals surface area contributed by atoms with E-state index in [1.54, 1.807) is 12.1 Å². The molecule has 0 aliphatic heterocycles. The highest BCUT2D eigenvalue weighted by molar-refractivity contribution is 14.1. The molecular formula is C10H14INO5S. The third kappa shape index (κ3) is 3.62. The molecule has 0 saturated heterocycles. The van der Waals surface area contributed by atoms with Crippen molar-refractivity contribution in [3.63, 3.8) is 0 Å². The van der Waals surface area contributed by atoms with Gasteiger partial charge in [0.1, 0.15) is 5.54 Å². The van der Waals surface area contributed by atoms with Gasteiger partial charge in [-0.15, -0.1) is 0 Å².